The van der Waals surface area contributed by atoms with Crippen molar-refractivity contribution in [2.24, 2.45) is 0 Å². The maximum absolute atomic E-state index is 12.4. The van der Waals surface area contributed by atoms with Gasteiger partial charge in [-0.15, -0.1) is 0 Å². The number of nitrogens with zero attached hydrogens (tertiary/aromatic N) is 1. The van der Waals surface area contributed by atoms with Gasteiger partial charge in [-0.1, -0.05) is 5.16 Å². The minimum Gasteiger partial charge on any atom is -0.441 e. The molecule has 4 atom stereocenters. The molecule has 0 spiro atoms. The Labute approximate surface area is 139 Å². The zero-order chi connectivity index (χ0) is 17.3. The summed E-state index contributed by atoms with van der Waals surface area (Å²) in [6.45, 7) is 6.22. The van der Waals surface area contributed by atoms with Crippen LogP contribution >= 0.6 is 0 Å². The summed E-state index contributed by atoms with van der Waals surface area (Å²) in [7, 11) is 0. The summed E-state index contributed by atoms with van der Waals surface area (Å²) in [5, 5.41) is 9.23. The lowest BCUT2D eigenvalue weighted by Gasteiger charge is -2.18. The number of nitrogens with one attached hydrogen (secondary N) is 2. The number of amides is 2. The number of rotatable bonds is 4. The van der Waals surface area contributed by atoms with E-state index in [2.05, 4.69) is 15.8 Å². The van der Waals surface area contributed by atoms with Crippen LogP contribution in [-0.4, -0.2) is 61.3 Å². The smallest absolute Gasteiger partial charge is 0.407 e. The van der Waals surface area contributed by atoms with Crippen molar-refractivity contribution in [3.63, 3.8) is 0 Å². The van der Waals surface area contributed by atoms with E-state index in [9.17, 15) is 9.59 Å². The predicted octanol–water partition coefficient (Wildman–Crippen LogP) is 0.302. The van der Waals surface area contributed by atoms with Gasteiger partial charge in [0.1, 0.15) is 23.5 Å². The summed E-state index contributed by atoms with van der Waals surface area (Å²) < 4.78 is 21.7. The molecule has 2 fully saturated rings. The van der Waals surface area contributed by atoms with Gasteiger partial charge in [-0.3, -0.25) is 4.79 Å². The van der Waals surface area contributed by atoms with Gasteiger partial charge in [0.15, 0.2) is 6.10 Å². The Hall–Kier alpha value is -2.13. The molecule has 9 heteroatoms. The normalized spacial score (nSPS) is 28.5. The highest BCUT2D eigenvalue weighted by Gasteiger charge is 2.50. The Morgan fingerprint density at radius 1 is 1.25 bits per heavy atom. The lowest BCUT2D eigenvalue weighted by molar-refractivity contribution is 0.00408. The van der Waals surface area contributed by atoms with Gasteiger partial charge in [0.2, 0.25) is 0 Å². The molecule has 9 nitrogen and oxygen atoms in total. The molecule has 3 rings (SSSR count). The molecule has 0 aliphatic carbocycles. The van der Waals surface area contributed by atoms with E-state index < -0.39 is 12.2 Å². The molecule has 0 unspecified atom stereocenters. The molecule has 2 saturated heterocycles. The van der Waals surface area contributed by atoms with Crippen LogP contribution in [0, 0.1) is 13.8 Å². The van der Waals surface area contributed by atoms with Crippen LogP contribution in [0.5, 0.6) is 0 Å². The Balaban J connectivity index is 1.60. The fraction of sp³-hybridized carbons (Fsp3) is 0.667. The SMILES string of the molecule is CCNC(=O)O[C@@H]1CO[C@H]2[C@@H]1OC[C@@H]2NC(=O)c1c(C)noc1C. The molecule has 0 aromatic carbocycles. The first-order chi connectivity index (χ1) is 11.5. The number of carbonyl (C=O) groups excluding carboxylic acids is 2. The van der Waals surface area contributed by atoms with E-state index in [0.717, 1.165) is 0 Å². The molecule has 0 radical (unpaired) electrons. The minimum atomic E-state index is -0.501. The number of hydrogen-bond acceptors (Lipinski definition) is 7. The number of alkyl carbamates (subject to hydrolysis) is 1. The third kappa shape index (κ3) is 3.09. The van der Waals surface area contributed by atoms with Crippen molar-refractivity contribution in [2.45, 2.75) is 45.1 Å². The lowest BCUT2D eigenvalue weighted by Crippen LogP contribution is -2.45. The second-order valence-corrected chi connectivity index (χ2v) is 5.85. The molecule has 3 heterocycles. The van der Waals surface area contributed by atoms with E-state index in [4.69, 9.17) is 18.7 Å². The largest absolute Gasteiger partial charge is 0.441 e. The van der Waals surface area contributed by atoms with Gasteiger partial charge in [0.25, 0.3) is 5.91 Å². The first-order valence-corrected chi connectivity index (χ1v) is 7.92. The van der Waals surface area contributed by atoms with Crippen molar-refractivity contribution >= 4 is 12.0 Å². The summed E-state index contributed by atoms with van der Waals surface area (Å²) in [6, 6.07) is -0.320. The molecule has 24 heavy (non-hydrogen) atoms. The maximum atomic E-state index is 12.4. The van der Waals surface area contributed by atoms with Gasteiger partial charge < -0.3 is 29.4 Å². The summed E-state index contributed by atoms with van der Waals surface area (Å²) >= 11 is 0. The van der Waals surface area contributed by atoms with Gasteiger partial charge in [0.05, 0.1) is 24.9 Å². The van der Waals surface area contributed by atoms with E-state index in [1.54, 1.807) is 13.8 Å². The van der Waals surface area contributed by atoms with Crippen LogP contribution in [-0.2, 0) is 14.2 Å². The van der Waals surface area contributed by atoms with Crippen molar-refractivity contribution in [1.82, 2.24) is 15.8 Å². The molecular formula is C15H21N3O6. The average Bonchev–Trinajstić information content (AvgIpc) is 3.18. The van der Waals surface area contributed by atoms with Crippen LogP contribution in [0.4, 0.5) is 4.79 Å². The molecule has 2 aliphatic rings. The van der Waals surface area contributed by atoms with E-state index >= 15 is 0 Å². The quantitative estimate of drug-likeness (QED) is 0.811. The van der Waals surface area contributed by atoms with Crippen molar-refractivity contribution in [3.8, 4) is 0 Å². The van der Waals surface area contributed by atoms with E-state index in [-0.39, 0.29) is 30.8 Å². The van der Waals surface area contributed by atoms with Gasteiger partial charge in [-0.25, -0.2) is 4.79 Å². The standard InChI is InChI=1S/C15H21N3O6/c1-4-16-15(20)23-10-6-22-12-9(5-21-13(10)12)17-14(19)11-7(2)18-24-8(11)3/h9-10,12-13H,4-6H2,1-3H3,(H,16,20)(H,17,19)/t9-,10+,12+,13+/m0/s1. The van der Waals surface area contributed by atoms with Crippen LogP contribution in [0.15, 0.2) is 4.52 Å². The number of aromatic nitrogens is 1. The van der Waals surface area contributed by atoms with Gasteiger partial charge in [0, 0.05) is 6.54 Å². The van der Waals surface area contributed by atoms with Gasteiger partial charge in [-0.05, 0) is 20.8 Å². The predicted molar refractivity (Wildman–Crippen MR) is 80.7 cm³/mol. The fourth-order valence-corrected chi connectivity index (χ4v) is 3.06. The Bertz CT molecular complexity index is 611. The third-order valence-corrected chi connectivity index (χ3v) is 4.16. The summed E-state index contributed by atoms with van der Waals surface area (Å²) in [5.41, 5.74) is 0.955. The van der Waals surface area contributed by atoms with Crippen LogP contribution in [0.1, 0.15) is 28.7 Å². The number of ether oxygens (including phenoxy) is 3. The molecule has 2 aliphatic heterocycles. The molecule has 1 aromatic heterocycles. The number of carbonyl (C=O) groups is 2. The maximum Gasteiger partial charge on any atom is 0.407 e. The van der Waals surface area contributed by atoms with Gasteiger partial charge in [-0.2, -0.15) is 0 Å². The Kier molecular flexibility index (Phi) is 4.72. The molecular weight excluding hydrogens is 318 g/mol. The highest BCUT2D eigenvalue weighted by Crippen LogP contribution is 2.29. The van der Waals surface area contributed by atoms with E-state index in [1.165, 1.54) is 0 Å². The van der Waals surface area contributed by atoms with Crippen LogP contribution < -0.4 is 10.6 Å². The van der Waals surface area contributed by atoms with Gasteiger partial charge >= 0.3 is 6.09 Å². The molecule has 2 N–H and O–H groups in total. The number of hydrogen-bond donors (Lipinski definition) is 2. The second kappa shape index (κ2) is 6.78. The molecule has 0 bridgehead atoms. The van der Waals surface area contributed by atoms with Crippen molar-refractivity contribution < 1.29 is 28.3 Å². The molecule has 2 amide bonds. The third-order valence-electron chi connectivity index (χ3n) is 4.16. The average molecular weight is 339 g/mol. The lowest BCUT2D eigenvalue weighted by atomic mass is 10.1. The van der Waals surface area contributed by atoms with Crippen LogP contribution in [0.2, 0.25) is 0 Å². The van der Waals surface area contributed by atoms with Crippen molar-refractivity contribution in [3.05, 3.63) is 17.0 Å². The molecule has 0 saturated carbocycles. The summed E-state index contributed by atoms with van der Waals surface area (Å²) in [5.74, 6) is 0.183. The van der Waals surface area contributed by atoms with Crippen molar-refractivity contribution in [1.29, 1.82) is 0 Å². The number of fused-ring (bicyclic) bond motifs is 1. The summed E-state index contributed by atoms with van der Waals surface area (Å²) in [6.07, 6.45) is -1.72. The summed E-state index contributed by atoms with van der Waals surface area (Å²) in [4.78, 5) is 24.0. The fourth-order valence-electron chi connectivity index (χ4n) is 3.06. The topological polar surface area (TPSA) is 112 Å². The molecule has 1 aromatic rings. The Morgan fingerprint density at radius 3 is 2.67 bits per heavy atom. The van der Waals surface area contributed by atoms with Crippen molar-refractivity contribution in [2.75, 3.05) is 19.8 Å². The Morgan fingerprint density at radius 2 is 2.00 bits per heavy atom. The number of aryl methyl sites for hydroxylation is 2. The first-order valence-electron chi connectivity index (χ1n) is 7.92. The monoisotopic (exact) mass is 339 g/mol. The van der Waals surface area contributed by atoms with E-state index in [1.807, 2.05) is 6.92 Å². The molecule has 132 valence electrons. The highest BCUT2D eigenvalue weighted by molar-refractivity contribution is 5.96. The first kappa shape index (κ1) is 16.7. The minimum absolute atomic E-state index is 0.240. The zero-order valence-electron chi connectivity index (χ0n) is 13.8. The van der Waals surface area contributed by atoms with Crippen LogP contribution in [0.25, 0.3) is 0 Å². The second-order valence-electron chi connectivity index (χ2n) is 5.85. The van der Waals surface area contributed by atoms with E-state index in [0.29, 0.717) is 30.2 Å². The van der Waals surface area contributed by atoms with Crippen LogP contribution in [0.3, 0.4) is 0 Å². The highest BCUT2D eigenvalue weighted by atomic mass is 16.6. The zero-order valence-corrected chi connectivity index (χ0v) is 13.8.